The smallest absolute Gasteiger partial charge is 0.0991 e. The normalized spacial score (nSPS) is 10.3. The van der Waals surface area contributed by atoms with Crippen LogP contribution in [0.4, 0.5) is 0 Å². The zero-order chi connectivity index (χ0) is 41.0. The summed E-state index contributed by atoms with van der Waals surface area (Å²) in [7, 11) is 0. The van der Waals surface area contributed by atoms with E-state index in [0.29, 0.717) is 5.56 Å². The van der Waals surface area contributed by atoms with Crippen LogP contribution in [0.2, 0.25) is 0 Å². The first kappa shape index (κ1) is 39.2. The van der Waals surface area contributed by atoms with Crippen LogP contribution < -0.4 is 0 Å². The average molecular weight is 759 g/mol. The Morgan fingerprint density at radius 1 is 0.424 bits per heavy atom. The topological polar surface area (TPSA) is 62.5 Å². The molecule has 4 nitrogen and oxygen atoms in total. The monoisotopic (exact) mass is 758 g/mol. The standard InChI is InChI=1S/C48H30N4.C4H6.C3H6/c49-31-32-19-21-37(22-20-32)47-48(52-44-18-10-9-17-43(44)51-47)42-28-27-39(40-15-7-8-16-41(40)42)34-25-23-33(24-26-34)38-29-45(35-11-3-1-4-12-35)50-46(30-38)36-13-5-2-6-14-36;1-3-4-2;1-3-2/h1-30H;3-4H,1-2H2;3H,1H2,2H3. The Hall–Kier alpha value is -8.00. The van der Waals surface area contributed by atoms with Gasteiger partial charge in [0.25, 0.3) is 0 Å². The number of hydrogen-bond acceptors (Lipinski definition) is 4. The summed E-state index contributed by atoms with van der Waals surface area (Å²) < 4.78 is 0. The molecular formula is C55H42N4. The van der Waals surface area contributed by atoms with E-state index in [9.17, 15) is 5.26 Å². The van der Waals surface area contributed by atoms with Gasteiger partial charge >= 0.3 is 0 Å². The van der Waals surface area contributed by atoms with Gasteiger partial charge in [0.1, 0.15) is 0 Å². The minimum atomic E-state index is 0.608. The molecule has 0 spiro atoms. The molecule has 7 aromatic carbocycles. The molecule has 0 aliphatic heterocycles. The second-order valence-electron chi connectivity index (χ2n) is 13.6. The molecule has 0 unspecified atom stereocenters. The minimum Gasteiger partial charge on any atom is -0.248 e. The van der Waals surface area contributed by atoms with E-state index in [1.165, 1.54) is 0 Å². The summed E-state index contributed by atoms with van der Waals surface area (Å²) >= 11 is 0. The molecule has 2 aromatic heterocycles. The summed E-state index contributed by atoms with van der Waals surface area (Å²) in [6.07, 6.45) is 5.03. The fourth-order valence-electron chi connectivity index (χ4n) is 6.90. The Labute approximate surface area is 346 Å². The van der Waals surface area contributed by atoms with Crippen molar-refractivity contribution in [2.24, 2.45) is 0 Å². The van der Waals surface area contributed by atoms with E-state index in [2.05, 4.69) is 147 Å². The molecule has 4 heteroatoms. The lowest BCUT2D eigenvalue weighted by Crippen LogP contribution is -1.97. The van der Waals surface area contributed by atoms with Gasteiger partial charge in [-0.15, -0.1) is 6.58 Å². The Morgan fingerprint density at radius 2 is 0.864 bits per heavy atom. The van der Waals surface area contributed by atoms with Crippen molar-refractivity contribution in [3.8, 4) is 73.4 Å². The predicted octanol–water partition coefficient (Wildman–Crippen LogP) is 14.6. The van der Waals surface area contributed by atoms with Crippen LogP contribution in [-0.2, 0) is 0 Å². The van der Waals surface area contributed by atoms with Crippen molar-refractivity contribution >= 4 is 21.8 Å². The van der Waals surface area contributed by atoms with Crippen molar-refractivity contribution in [2.45, 2.75) is 6.92 Å². The Kier molecular flexibility index (Phi) is 12.5. The number of allylic oxidation sites excluding steroid dienone is 3. The van der Waals surface area contributed by atoms with E-state index in [-0.39, 0.29) is 0 Å². The average Bonchev–Trinajstić information content (AvgIpc) is 3.31. The van der Waals surface area contributed by atoms with Crippen LogP contribution in [0.3, 0.4) is 0 Å². The molecule has 0 bridgehead atoms. The number of nitrogens with zero attached hydrogens (tertiary/aromatic N) is 4. The summed E-state index contributed by atoms with van der Waals surface area (Å²) in [6.45, 7) is 12.0. The highest BCUT2D eigenvalue weighted by molar-refractivity contribution is 6.06. The summed E-state index contributed by atoms with van der Waals surface area (Å²) in [5, 5.41) is 11.6. The number of hydrogen-bond donors (Lipinski definition) is 0. The van der Waals surface area contributed by atoms with Gasteiger partial charge in [-0.1, -0.05) is 177 Å². The van der Waals surface area contributed by atoms with Gasteiger partial charge in [-0.2, -0.15) is 5.26 Å². The highest BCUT2D eigenvalue weighted by Crippen LogP contribution is 2.40. The SMILES string of the molecule is C=CC.C=CC=C.N#Cc1ccc(-c2nc3ccccc3nc2-c2ccc(-c3ccc(-c4cc(-c5ccccc5)nc(-c5ccccc5)c4)cc3)c3ccccc23)cc1. The molecule has 0 fully saturated rings. The molecule has 9 aromatic rings. The number of nitriles is 1. The van der Waals surface area contributed by atoms with Crippen LogP contribution in [0.5, 0.6) is 0 Å². The molecule has 0 aliphatic rings. The number of aromatic nitrogens is 3. The zero-order valence-corrected chi connectivity index (χ0v) is 33.0. The van der Waals surface area contributed by atoms with Gasteiger partial charge in [0, 0.05) is 22.3 Å². The largest absolute Gasteiger partial charge is 0.248 e. The molecule has 282 valence electrons. The van der Waals surface area contributed by atoms with Crippen LogP contribution in [0, 0.1) is 11.3 Å². The molecule has 0 N–H and O–H groups in total. The summed E-state index contributed by atoms with van der Waals surface area (Å²) in [4.78, 5) is 15.4. The lowest BCUT2D eigenvalue weighted by Gasteiger charge is -2.15. The van der Waals surface area contributed by atoms with Gasteiger partial charge < -0.3 is 0 Å². The summed E-state index contributed by atoms with van der Waals surface area (Å²) in [5.74, 6) is 0. The fraction of sp³-hybridized carbons (Fsp3) is 0.0182. The second kappa shape index (κ2) is 18.8. The highest BCUT2D eigenvalue weighted by atomic mass is 14.8. The third-order valence-electron chi connectivity index (χ3n) is 9.70. The van der Waals surface area contributed by atoms with Crippen molar-refractivity contribution in [3.63, 3.8) is 0 Å². The van der Waals surface area contributed by atoms with E-state index in [1.807, 2.05) is 67.6 Å². The van der Waals surface area contributed by atoms with Gasteiger partial charge in [0.15, 0.2) is 0 Å². The quantitative estimate of drug-likeness (QED) is 0.120. The highest BCUT2D eigenvalue weighted by Gasteiger charge is 2.18. The van der Waals surface area contributed by atoms with Crippen LogP contribution >= 0.6 is 0 Å². The number of pyridine rings is 1. The maximum absolute atomic E-state index is 9.41. The first-order valence-corrected chi connectivity index (χ1v) is 19.4. The second-order valence-corrected chi connectivity index (χ2v) is 13.6. The van der Waals surface area contributed by atoms with Gasteiger partial charge in [0.05, 0.1) is 45.4 Å². The van der Waals surface area contributed by atoms with Gasteiger partial charge in [-0.05, 0) is 76.3 Å². The Bertz CT molecular complexity index is 2860. The van der Waals surface area contributed by atoms with E-state index in [1.54, 1.807) is 18.2 Å². The maximum atomic E-state index is 9.41. The predicted molar refractivity (Wildman–Crippen MR) is 248 cm³/mol. The molecule has 2 heterocycles. The van der Waals surface area contributed by atoms with E-state index in [0.717, 1.165) is 89.1 Å². The molecule has 0 saturated carbocycles. The van der Waals surface area contributed by atoms with E-state index in [4.69, 9.17) is 15.0 Å². The van der Waals surface area contributed by atoms with Gasteiger partial charge in [-0.25, -0.2) is 15.0 Å². The lowest BCUT2D eigenvalue weighted by atomic mass is 9.91. The Morgan fingerprint density at radius 3 is 1.39 bits per heavy atom. The molecule has 0 radical (unpaired) electrons. The number of fused-ring (bicyclic) bond motifs is 2. The van der Waals surface area contributed by atoms with Gasteiger partial charge in [0.2, 0.25) is 0 Å². The van der Waals surface area contributed by atoms with E-state index < -0.39 is 0 Å². The first-order chi connectivity index (χ1) is 29.0. The van der Waals surface area contributed by atoms with Crippen molar-refractivity contribution < 1.29 is 0 Å². The number of rotatable bonds is 7. The third-order valence-corrected chi connectivity index (χ3v) is 9.70. The molecular weight excluding hydrogens is 717 g/mol. The number of benzene rings is 7. The maximum Gasteiger partial charge on any atom is 0.0991 e. The number of para-hydroxylation sites is 2. The third kappa shape index (κ3) is 8.86. The molecule has 59 heavy (non-hydrogen) atoms. The molecule has 9 rings (SSSR count). The van der Waals surface area contributed by atoms with Crippen LogP contribution in [0.15, 0.2) is 220 Å². The van der Waals surface area contributed by atoms with Crippen LogP contribution in [0.25, 0.3) is 89.1 Å². The lowest BCUT2D eigenvalue weighted by molar-refractivity contribution is 1.30. The van der Waals surface area contributed by atoms with Gasteiger partial charge in [-0.3, -0.25) is 0 Å². The first-order valence-electron chi connectivity index (χ1n) is 19.4. The summed E-state index contributed by atoms with van der Waals surface area (Å²) in [5.41, 5.74) is 14.4. The molecule has 0 saturated heterocycles. The minimum absolute atomic E-state index is 0.608. The van der Waals surface area contributed by atoms with E-state index >= 15 is 0 Å². The van der Waals surface area contributed by atoms with Crippen LogP contribution in [0.1, 0.15) is 12.5 Å². The van der Waals surface area contributed by atoms with Crippen LogP contribution in [-0.4, -0.2) is 15.0 Å². The molecule has 0 aliphatic carbocycles. The Balaban J connectivity index is 0.000000704. The van der Waals surface area contributed by atoms with Crippen molar-refractivity contribution in [2.75, 3.05) is 0 Å². The zero-order valence-electron chi connectivity index (χ0n) is 33.0. The molecule has 0 amide bonds. The van der Waals surface area contributed by atoms with Crippen molar-refractivity contribution in [1.82, 2.24) is 15.0 Å². The fourth-order valence-corrected chi connectivity index (χ4v) is 6.90. The summed E-state index contributed by atoms with van der Waals surface area (Å²) in [6, 6.07) is 64.5. The van der Waals surface area contributed by atoms with Crippen molar-refractivity contribution in [1.29, 1.82) is 5.26 Å². The molecule has 0 atom stereocenters. The van der Waals surface area contributed by atoms with Crippen molar-refractivity contribution in [3.05, 3.63) is 226 Å².